The summed E-state index contributed by atoms with van der Waals surface area (Å²) in [6, 6.07) is 4.65. The second-order valence-electron chi connectivity index (χ2n) is 6.22. The predicted molar refractivity (Wildman–Crippen MR) is 100 cm³/mol. The monoisotopic (exact) mass is 363 g/mol. The Bertz CT molecular complexity index is 784. The Kier molecular flexibility index (Phi) is 5.53. The van der Waals surface area contributed by atoms with Crippen LogP contribution < -0.4 is 10.6 Å². The van der Waals surface area contributed by atoms with E-state index in [0.29, 0.717) is 27.7 Å². The molecule has 1 aromatic carbocycles. The average molecular weight is 363 g/mol. The van der Waals surface area contributed by atoms with E-state index >= 15 is 0 Å². The molecule has 0 amide bonds. The summed E-state index contributed by atoms with van der Waals surface area (Å²) in [6.07, 6.45) is 5.79. The molecule has 5 nitrogen and oxygen atoms in total. The predicted octanol–water partition coefficient (Wildman–Crippen LogP) is 4.10. The van der Waals surface area contributed by atoms with Crippen molar-refractivity contribution in [1.29, 1.82) is 0 Å². The van der Waals surface area contributed by atoms with Gasteiger partial charge in [0.05, 0.1) is 12.3 Å². The molecule has 0 radical (unpaired) electrons. The van der Waals surface area contributed by atoms with Crippen LogP contribution in [0.1, 0.15) is 49.5 Å². The van der Waals surface area contributed by atoms with E-state index in [1.807, 2.05) is 0 Å². The zero-order valence-corrected chi connectivity index (χ0v) is 15.0. The highest BCUT2D eigenvalue weighted by atomic mass is 32.1. The number of hydrogen-bond donors (Lipinski definition) is 3. The molecule has 3 N–H and O–H groups in total. The van der Waals surface area contributed by atoms with Crippen LogP contribution in [0, 0.1) is 5.82 Å². The van der Waals surface area contributed by atoms with Crippen molar-refractivity contribution in [3.8, 4) is 0 Å². The fourth-order valence-corrected chi connectivity index (χ4v) is 3.50. The van der Waals surface area contributed by atoms with E-state index in [2.05, 4.69) is 15.6 Å². The van der Waals surface area contributed by atoms with Crippen molar-refractivity contribution in [1.82, 2.24) is 10.3 Å². The smallest absolute Gasteiger partial charge is 0.356 e. The van der Waals surface area contributed by atoms with Crippen LogP contribution in [-0.4, -0.2) is 28.7 Å². The third-order valence-electron chi connectivity index (χ3n) is 4.42. The zero-order chi connectivity index (χ0) is 17.8. The number of thiocarbonyl (C=S) groups is 1. The molecule has 0 unspecified atom stereocenters. The number of ether oxygens (including phenoxy) is 1. The highest BCUT2D eigenvalue weighted by Gasteiger charge is 2.21. The molecule has 1 aromatic heterocycles. The topological polar surface area (TPSA) is 66.2 Å². The molecule has 0 saturated heterocycles. The summed E-state index contributed by atoms with van der Waals surface area (Å²) in [6.45, 7) is 2.00. The first-order valence-electron chi connectivity index (χ1n) is 8.64. The van der Waals surface area contributed by atoms with Gasteiger partial charge in [-0.1, -0.05) is 19.3 Å². The van der Waals surface area contributed by atoms with Crippen LogP contribution in [0.15, 0.2) is 18.2 Å². The summed E-state index contributed by atoms with van der Waals surface area (Å²) in [7, 11) is 0. The first-order chi connectivity index (χ1) is 12.1. The molecule has 134 valence electrons. The van der Waals surface area contributed by atoms with Gasteiger partial charge in [0.25, 0.3) is 0 Å². The lowest BCUT2D eigenvalue weighted by atomic mass is 9.96. The van der Waals surface area contributed by atoms with Gasteiger partial charge in [-0.05, 0) is 50.2 Å². The number of halogens is 1. The van der Waals surface area contributed by atoms with Gasteiger partial charge in [0.2, 0.25) is 0 Å². The number of aromatic nitrogens is 1. The van der Waals surface area contributed by atoms with Gasteiger partial charge < -0.3 is 20.4 Å². The Morgan fingerprint density at radius 1 is 1.36 bits per heavy atom. The largest absolute Gasteiger partial charge is 0.461 e. The van der Waals surface area contributed by atoms with Crippen LogP contribution in [0.3, 0.4) is 0 Å². The minimum Gasteiger partial charge on any atom is -0.461 e. The Morgan fingerprint density at radius 2 is 2.12 bits per heavy atom. The number of fused-ring (bicyclic) bond motifs is 1. The standard InChI is InChI=1S/C18H22FN3O2S/c1-2-24-17(23)16-15(13-10-11(19)8-9-14(13)21-16)22-18(25)20-12-6-4-3-5-7-12/h8-10,12,21H,2-7H2,1H3,(H2,20,22,25). The fourth-order valence-electron chi connectivity index (χ4n) is 3.23. The number of carbonyl (C=O) groups excluding carboxylic acids is 1. The first kappa shape index (κ1) is 17.7. The molecular formula is C18H22FN3O2S. The van der Waals surface area contributed by atoms with Gasteiger partial charge in [-0.3, -0.25) is 0 Å². The molecule has 1 saturated carbocycles. The van der Waals surface area contributed by atoms with Crippen molar-refractivity contribution >= 4 is 39.9 Å². The van der Waals surface area contributed by atoms with Crippen LogP contribution in [0.5, 0.6) is 0 Å². The highest BCUT2D eigenvalue weighted by Crippen LogP contribution is 2.29. The third kappa shape index (κ3) is 4.10. The van der Waals surface area contributed by atoms with E-state index < -0.39 is 5.97 Å². The van der Waals surface area contributed by atoms with Gasteiger partial charge in [-0.25, -0.2) is 9.18 Å². The van der Waals surface area contributed by atoms with Gasteiger partial charge in [-0.15, -0.1) is 0 Å². The van der Waals surface area contributed by atoms with Crippen LogP contribution in [-0.2, 0) is 4.74 Å². The first-order valence-corrected chi connectivity index (χ1v) is 9.05. The maximum atomic E-state index is 13.7. The summed E-state index contributed by atoms with van der Waals surface area (Å²) in [4.78, 5) is 15.2. The third-order valence-corrected chi connectivity index (χ3v) is 4.64. The Morgan fingerprint density at radius 3 is 2.84 bits per heavy atom. The van der Waals surface area contributed by atoms with E-state index in [1.165, 1.54) is 31.4 Å². The molecule has 1 aliphatic rings. The average Bonchev–Trinajstić information content (AvgIpc) is 2.94. The van der Waals surface area contributed by atoms with Gasteiger partial charge in [0.1, 0.15) is 11.5 Å². The molecule has 25 heavy (non-hydrogen) atoms. The molecule has 3 rings (SSSR count). The fraction of sp³-hybridized carbons (Fsp3) is 0.444. The van der Waals surface area contributed by atoms with Crippen LogP contribution in [0.25, 0.3) is 10.9 Å². The molecule has 0 spiro atoms. The quantitative estimate of drug-likeness (QED) is 0.564. The number of anilines is 1. The molecule has 0 bridgehead atoms. The molecular weight excluding hydrogens is 341 g/mol. The molecule has 1 aliphatic carbocycles. The number of nitrogens with one attached hydrogen (secondary N) is 3. The van der Waals surface area contributed by atoms with Crippen molar-refractivity contribution in [2.75, 3.05) is 11.9 Å². The molecule has 0 atom stereocenters. The summed E-state index contributed by atoms with van der Waals surface area (Å²) < 4.78 is 18.8. The summed E-state index contributed by atoms with van der Waals surface area (Å²) in [5.41, 5.74) is 1.34. The maximum absolute atomic E-state index is 13.7. The molecule has 1 fully saturated rings. The molecule has 1 heterocycles. The van der Waals surface area contributed by atoms with Crippen LogP contribution >= 0.6 is 12.2 Å². The van der Waals surface area contributed by atoms with E-state index in [9.17, 15) is 9.18 Å². The van der Waals surface area contributed by atoms with E-state index in [0.717, 1.165) is 12.8 Å². The number of hydrogen-bond acceptors (Lipinski definition) is 3. The van der Waals surface area contributed by atoms with E-state index in [1.54, 1.807) is 13.0 Å². The number of rotatable bonds is 4. The summed E-state index contributed by atoms with van der Waals surface area (Å²) in [5.74, 6) is -0.877. The van der Waals surface area contributed by atoms with Gasteiger partial charge in [0, 0.05) is 16.9 Å². The number of esters is 1. The van der Waals surface area contributed by atoms with Gasteiger partial charge in [-0.2, -0.15) is 0 Å². The Labute approximate surface area is 151 Å². The van der Waals surface area contributed by atoms with Gasteiger partial charge >= 0.3 is 5.97 Å². The lowest BCUT2D eigenvalue weighted by molar-refractivity contribution is 0.0522. The van der Waals surface area contributed by atoms with E-state index in [4.69, 9.17) is 17.0 Å². The zero-order valence-electron chi connectivity index (χ0n) is 14.2. The second kappa shape index (κ2) is 7.82. The lowest BCUT2D eigenvalue weighted by Crippen LogP contribution is -2.39. The maximum Gasteiger partial charge on any atom is 0.356 e. The minimum atomic E-state index is -0.498. The summed E-state index contributed by atoms with van der Waals surface area (Å²) in [5, 5.41) is 7.36. The number of H-pyrrole nitrogens is 1. The molecule has 2 aromatic rings. The van der Waals surface area contributed by atoms with E-state index in [-0.39, 0.29) is 18.1 Å². The Hall–Kier alpha value is -2.15. The number of aromatic amines is 1. The van der Waals surface area contributed by atoms with Crippen molar-refractivity contribution in [3.05, 3.63) is 29.7 Å². The van der Waals surface area contributed by atoms with Crippen LogP contribution in [0.4, 0.5) is 10.1 Å². The van der Waals surface area contributed by atoms with Crippen molar-refractivity contribution in [3.63, 3.8) is 0 Å². The molecule has 7 heteroatoms. The second-order valence-corrected chi connectivity index (χ2v) is 6.63. The van der Waals surface area contributed by atoms with Crippen molar-refractivity contribution < 1.29 is 13.9 Å². The number of carbonyl (C=O) groups is 1. The minimum absolute atomic E-state index is 0.246. The highest BCUT2D eigenvalue weighted by molar-refractivity contribution is 7.80. The SMILES string of the molecule is CCOC(=O)c1[nH]c2ccc(F)cc2c1NC(=S)NC1CCCCC1. The van der Waals surface area contributed by atoms with Crippen LogP contribution in [0.2, 0.25) is 0 Å². The van der Waals surface area contributed by atoms with Crippen molar-refractivity contribution in [2.24, 2.45) is 0 Å². The van der Waals surface area contributed by atoms with Gasteiger partial charge in [0.15, 0.2) is 5.11 Å². The summed E-state index contributed by atoms with van der Waals surface area (Å²) >= 11 is 5.41. The van der Waals surface area contributed by atoms with Crippen molar-refractivity contribution in [2.45, 2.75) is 45.1 Å². The molecule has 0 aliphatic heterocycles. The lowest BCUT2D eigenvalue weighted by Gasteiger charge is -2.24. The number of benzene rings is 1. The Balaban J connectivity index is 1.86. The normalized spacial score (nSPS) is 15.1.